The lowest BCUT2D eigenvalue weighted by Crippen LogP contribution is -2.27. The number of nitrogens with zero attached hydrogens (tertiary/aromatic N) is 1. The molecule has 1 aliphatic rings. The van der Waals surface area contributed by atoms with Crippen LogP contribution in [0.3, 0.4) is 0 Å². The Hall–Kier alpha value is -1.88. The van der Waals surface area contributed by atoms with E-state index >= 15 is 0 Å². The van der Waals surface area contributed by atoms with E-state index in [4.69, 9.17) is 4.74 Å². The summed E-state index contributed by atoms with van der Waals surface area (Å²) in [6.45, 7) is 10.1. The molecule has 25 heavy (non-hydrogen) atoms. The Labute approximate surface area is 158 Å². The number of amides is 1. The third kappa shape index (κ3) is 5.56. The maximum absolute atomic E-state index is 12.0. The number of hydrogen-bond acceptors (Lipinski definition) is 3. The number of allylic oxidation sites excluding steroid dienone is 3. The van der Waals surface area contributed by atoms with Crippen LogP contribution >= 0.6 is 15.9 Å². The van der Waals surface area contributed by atoms with Crippen LogP contribution in [0.25, 0.3) is 0 Å². The van der Waals surface area contributed by atoms with Crippen molar-refractivity contribution in [2.75, 3.05) is 6.61 Å². The third-order valence-electron chi connectivity index (χ3n) is 4.38. The number of carbonyl (C=O) groups is 1. The molecule has 1 unspecified atom stereocenters. The normalized spacial score (nSPS) is 18.6. The van der Waals surface area contributed by atoms with E-state index in [2.05, 4.69) is 46.0 Å². The molecule has 0 radical (unpaired) electrons. The van der Waals surface area contributed by atoms with Gasteiger partial charge in [0.1, 0.15) is 5.75 Å². The van der Waals surface area contributed by atoms with Crippen molar-refractivity contribution < 1.29 is 9.53 Å². The molecular weight excluding hydrogens is 380 g/mol. The van der Waals surface area contributed by atoms with Gasteiger partial charge >= 0.3 is 0 Å². The summed E-state index contributed by atoms with van der Waals surface area (Å²) in [5.74, 6) is 0.768. The van der Waals surface area contributed by atoms with Gasteiger partial charge in [0, 0.05) is 0 Å². The summed E-state index contributed by atoms with van der Waals surface area (Å²) in [5, 5.41) is 4.27. The molecule has 0 fully saturated rings. The first-order valence-electron chi connectivity index (χ1n) is 8.49. The zero-order chi connectivity index (χ0) is 18.4. The number of carbonyl (C=O) groups excluding carboxylic acids is 1. The van der Waals surface area contributed by atoms with E-state index in [1.165, 1.54) is 5.56 Å². The summed E-state index contributed by atoms with van der Waals surface area (Å²) in [6, 6.07) is 5.86. The van der Waals surface area contributed by atoms with Crippen LogP contribution in [0.15, 0.2) is 51.6 Å². The highest BCUT2D eigenvalue weighted by atomic mass is 79.9. The highest BCUT2D eigenvalue weighted by Gasteiger charge is 2.18. The summed E-state index contributed by atoms with van der Waals surface area (Å²) in [5.41, 5.74) is 6.96. The molecule has 1 atom stereocenters. The first kappa shape index (κ1) is 19.4. The van der Waals surface area contributed by atoms with E-state index in [1.807, 2.05) is 32.0 Å². The number of aryl methyl sites for hydroxylation is 1. The van der Waals surface area contributed by atoms with Crippen molar-refractivity contribution in [3.05, 3.63) is 52.0 Å². The molecule has 2 rings (SSSR count). The summed E-state index contributed by atoms with van der Waals surface area (Å²) in [7, 11) is 0. The molecule has 1 aromatic rings. The molecule has 0 aromatic heterocycles. The number of nitrogens with one attached hydrogen (secondary N) is 1. The molecule has 0 saturated carbocycles. The minimum Gasteiger partial charge on any atom is -0.483 e. The lowest BCUT2D eigenvalue weighted by molar-refractivity contribution is -0.123. The van der Waals surface area contributed by atoms with E-state index in [-0.39, 0.29) is 12.5 Å². The van der Waals surface area contributed by atoms with Gasteiger partial charge in [0.2, 0.25) is 0 Å². The standard InChI is InChI=1S/C20H25BrN2O2/c1-5-15-7-9-19(17(21)10-15)25-12-20(24)23-22-18-11-16(13(2)3)8-6-14(18)4/h6-7,9-10,16H,2,5,8,11-12H2,1,3-4H3,(H,23,24). The number of ether oxygens (including phenoxy) is 1. The fourth-order valence-electron chi connectivity index (χ4n) is 2.61. The molecular formula is C20H25BrN2O2. The predicted molar refractivity (Wildman–Crippen MR) is 106 cm³/mol. The fraction of sp³-hybridized carbons (Fsp3) is 0.400. The number of benzene rings is 1. The molecule has 1 N–H and O–H groups in total. The fourth-order valence-corrected chi connectivity index (χ4v) is 3.15. The second-order valence-electron chi connectivity index (χ2n) is 6.37. The highest BCUT2D eigenvalue weighted by Crippen LogP contribution is 2.27. The van der Waals surface area contributed by atoms with Crippen molar-refractivity contribution >= 4 is 27.5 Å². The maximum atomic E-state index is 12.0. The Bertz CT molecular complexity index is 722. The van der Waals surface area contributed by atoms with Crippen molar-refractivity contribution in [2.24, 2.45) is 11.0 Å². The lowest BCUT2D eigenvalue weighted by atomic mass is 9.85. The van der Waals surface area contributed by atoms with Crippen LogP contribution in [-0.2, 0) is 11.2 Å². The van der Waals surface area contributed by atoms with Gasteiger partial charge < -0.3 is 4.74 Å². The van der Waals surface area contributed by atoms with E-state index in [0.29, 0.717) is 11.7 Å². The van der Waals surface area contributed by atoms with Crippen LogP contribution < -0.4 is 10.2 Å². The van der Waals surface area contributed by atoms with E-state index in [0.717, 1.165) is 40.6 Å². The van der Waals surface area contributed by atoms with Gasteiger partial charge in [0.05, 0.1) is 10.2 Å². The summed E-state index contributed by atoms with van der Waals surface area (Å²) >= 11 is 3.47. The molecule has 0 spiro atoms. The van der Waals surface area contributed by atoms with Crippen molar-refractivity contribution in [1.82, 2.24) is 5.43 Å². The van der Waals surface area contributed by atoms with Crippen LogP contribution in [0.5, 0.6) is 5.75 Å². The van der Waals surface area contributed by atoms with Gasteiger partial charge in [0.15, 0.2) is 6.61 Å². The third-order valence-corrected chi connectivity index (χ3v) is 5.00. The number of hydrogen-bond donors (Lipinski definition) is 1. The van der Waals surface area contributed by atoms with Gasteiger partial charge in [-0.2, -0.15) is 5.10 Å². The summed E-state index contributed by atoms with van der Waals surface area (Å²) in [4.78, 5) is 12.0. The van der Waals surface area contributed by atoms with Crippen LogP contribution in [0, 0.1) is 5.92 Å². The van der Waals surface area contributed by atoms with Crippen LogP contribution in [0.2, 0.25) is 0 Å². The molecule has 5 heteroatoms. The Balaban J connectivity index is 1.91. The molecule has 0 aliphatic heterocycles. The maximum Gasteiger partial charge on any atom is 0.277 e. The quantitative estimate of drug-likeness (QED) is 0.546. The minimum absolute atomic E-state index is 0.0759. The van der Waals surface area contributed by atoms with Gasteiger partial charge in [0.25, 0.3) is 5.91 Å². The van der Waals surface area contributed by atoms with E-state index in [1.54, 1.807) is 0 Å². The van der Waals surface area contributed by atoms with Crippen molar-refractivity contribution in [2.45, 2.75) is 40.0 Å². The summed E-state index contributed by atoms with van der Waals surface area (Å²) in [6.07, 6.45) is 4.90. The molecule has 0 heterocycles. The first-order chi connectivity index (χ1) is 11.9. The Morgan fingerprint density at radius 1 is 1.48 bits per heavy atom. The molecule has 134 valence electrons. The minimum atomic E-state index is -0.274. The average Bonchev–Trinajstić information content (AvgIpc) is 2.59. The largest absolute Gasteiger partial charge is 0.483 e. The molecule has 1 aliphatic carbocycles. The first-order valence-corrected chi connectivity index (χ1v) is 9.29. The highest BCUT2D eigenvalue weighted by molar-refractivity contribution is 9.10. The number of hydrazone groups is 1. The molecule has 0 bridgehead atoms. The number of rotatable bonds is 6. The average molecular weight is 405 g/mol. The predicted octanol–water partition coefficient (Wildman–Crippen LogP) is 4.79. The topological polar surface area (TPSA) is 50.7 Å². The smallest absolute Gasteiger partial charge is 0.277 e. The second-order valence-corrected chi connectivity index (χ2v) is 7.23. The second kappa shape index (κ2) is 8.99. The zero-order valence-corrected chi connectivity index (χ0v) is 16.6. The molecule has 1 aromatic carbocycles. The van der Waals surface area contributed by atoms with Crippen molar-refractivity contribution in [3.63, 3.8) is 0 Å². The Morgan fingerprint density at radius 3 is 2.88 bits per heavy atom. The molecule has 1 amide bonds. The van der Waals surface area contributed by atoms with Crippen molar-refractivity contribution in [3.8, 4) is 5.75 Å². The monoisotopic (exact) mass is 404 g/mol. The van der Waals surface area contributed by atoms with Crippen LogP contribution in [0.1, 0.15) is 39.2 Å². The lowest BCUT2D eigenvalue weighted by Gasteiger charge is -2.22. The van der Waals surface area contributed by atoms with Gasteiger partial charge in [-0.25, -0.2) is 5.43 Å². The molecule has 0 saturated heterocycles. The van der Waals surface area contributed by atoms with Gasteiger partial charge in [-0.15, -0.1) is 0 Å². The summed E-state index contributed by atoms with van der Waals surface area (Å²) < 4.78 is 6.42. The van der Waals surface area contributed by atoms with E-state index < -0.39 is 0 Å². The molecule has 4 nitrogen and oxygen atoms in total. The van der Waals surface area contributed by atoms with Gasteiger partial charge in [-0.3, -0.25) is 4.79 Å². The van der Waals surface area contributed by atoms with Crippen LogP contribution in [0.4, 0.5) is 0 Å². The van der Waals surface area contributed by atoms with E-state index in [9.17, 15) is 4.79 Å². The van der Waals surface area contributed by atoms with Gasteiger partial charge in [-0.1, -0.05) is 31.2 Å². The van der Waals surface area contributed by atoms with Crippen molar-refractivity contribution in [1.29, 1.82) is 0 Å². The zero-order valence-electron chi connectivity index (χ0n) is 15.1. The SMILES string of the molecule is C=C(C)C1CC=C(C)C(=NNC(=O)COc2ccc(CC)cc2Br)C1. The number of halogens is 1. The Kier molecular flexibility index (Phi) is 7.00. The Morgan fingerprint density at radius 2 is 2.24 bits per heavy atom. The van der Waals surface area contributed by atoms with Gasteiger partial charge in [-0.05, 0) is 78.2 Å². The van der Waals surface area contributed by atoms with Crippen LogP contribution in [-0.4, -0.2) is 18.2 Å².